The van der Waals surface area contributed by atoms with Crippen molar-refractivity contribution in [1.29, 1.82) is 5.26 Å². The summed E-state index contributed by atoms with van der Waals surface area (Å²) in [4.78, 5) is 17.2. The number of nitriles is 1. The van der Waals surface area contributed by atoms with Crippen molar-refractivity contribution in [2.75, 3.05) is 5.32 Å². The van der Waals surface area contributed by atoms with Crippen molar-refractivity contribution in [2.24, 2.45) is 0 Å². The molecule has 0 spiro atoms. The van der Waals surface area contributed by atoms with E-state index >= 15 is 0 Å². The van der Waals surface area contributed by atoms with E-state index in [9.17, 15) is 4.79 Å². The van der Waals surface area contributed by atoms with Crippen molar-refractivity contribution >= 4 is 11.9 Å². The summed E-state index contributed by atoms with van der Waals surface area (Å²) in [6.45, 7) is 1.99. The van der Waals surface area contributed by atoms with E-state index in [4.69, 9.17) is 10.00 Å². The Kier molecular flexibility index (Phi) is 4.60. The fraction of sp³-hybridized carbons (Fsp3) is 0.143. The van der Waals surface area contributed by atoms with Gasteiger partial charge in [-0.3, -0.25) is 0 Å². The van der Waals surface area contributed by atoms with Gasteiger partial charge >= 0.3 is 5.97 Å². The highest BCUT2D eigenvalue weighted by Gasteiger charge is 2.34. The van der Waals surface area contributed by atoms with Crippen molar-refractivity contribution < 1.29 is 9.53 Å². The van der Waals surface area contributed by atoms with E-state index < -0.39 is 12.0 Å². The Bertz CT molecular complexity index is 1080. The van der Waals surface area contributed by atoms with Gasteiger partial charge in [-0.2, -0.15) is 15.3 Å². The summed E-state index contributed by atoms with van der Waals surface area (Å²) >= 11 is 0. The molecule has 4 rings (SSSR count). The number of carbonyl (C=O) groups is 1. The van der Waals surface area contributed by atoms with Crippen molar-refractivity contribution in [1.82, 2.24) is 14.8 Å². The number of fused-ring (bicyclic) bond motifs is 1. The number of ether oxygens (including phenoxy) is 1. The van der Waals surface area contributed by atoms with E-state index in [0.29, 0.717) is 22.8 Å². The van der Waals surface area contributed by atoms with Gasteiger partial charge in [0, 0.05) is 5.70 Å². The first-order valence-electron chi connectivity index (χ1n) is 8.76. The molecule has 1 atom stereocenters. The van der Waals surface area contributed by atoms with Crippen LogP contribution in [0.1, 0.15) is 29.7 Å². The quantitative estimate of drug-likeness (QED) is 0.708. The normalized spacial score (nSPS) is 15.4. The SMILES string of the molecule is CC1=C(C(=O)OCc2ccccc2)[C@H](c2ccc(C#N)cc2)n2ncnc2N1. The summed E-state index contributed by atoms with van der Waals surface area (Å²) in [5, 5.41) is 16.4. The summed E-state index contributed by atoms with van der Waals surface area (Å²) in [5.74, 6) is 0.121. The van der Waals surface area contributed by atoms with Crippen molar-refractivity contribution in [2.45, 2.75) is 19.6 Å². The zero-order valence-corrected chi connectivity index (χ0v) is 15.2. The van der Waals surface area contributed by atoms with Gasteiger partial charge in [0.15, 0.2) is 0 Å². The number of allylic oxidation sites excluding steroid dienone is 1. The van der Waals surface area contributed by atoms with E-state index in [2.05, 4.69) is 21.5 Å². The Balaban J connectivity index is 1.68. The lowest BCUT2D eigenvalue weighted by molar-refractivity contribution is -0.140. The predicted octanol–water partition coefficient (Wildman–Crippen LogP) is 3.18. The molecule has 0 amide bonds. The zero-order chi connectivity index (χ0) is 19.5. The van der Waals surface area contributed by atoms with E-state index in [1.54, 1.807) is 16.8 Å². The largest absolute Gasteiger partial charge is 0.457 e. The van der Waals surface area contributed by atoms with E-state index in [1.165, 1.54) is 6.33 Å². The van der Waals surface area contributed by atoms with Crippen LogP contribution >= 0.6 is 0 Å². The molecule has 138 valence electrons. The Morgan fingerprint density at radius 2 is 1.96 bits per heavy atom. The molecule has 1 aliphatic heterocycles. The maximum atomic E-state index is 13.0. The van der Waals surface area contributed by atoms with Gasteiger partial charge in [-0.15, -0.1) is 0 Å². The fourth-order valence-corrected chi connectivity index (χ4v) is 3.20. The minimum Gasteiger partial charge on any atom is -0.457 e. The Morgan fingerprint density at radius 1 is 1.21 bits per heavy atom. The molecule has 0 bridgehead atoms. The molecule has 0 saturated carbocycles. The third-order valence-corrected chi connectivity index (χ3v) is 4.58. The molecule has 0 saturated heterocycles. The molecule has 0 fully saturated rings. The standard InChI is InChI=1S/C21H17N5O2/c1-14-18(20(27)28-12-16-5-3-2-4-6-16)19(26-21(25-14)23-13-24-26)17-9-7-15(11-22)8-10-17/h2-10,13,19H,12H2,1H3,(H,23,24,25)/t19-/m0/s1. The number of rotatable bonds is 4. The van der Waals surface area contributed by atoms with Gasteiger partial charge in [-0.1, -0.05) is 42.5 Å². The second-order valence-electron chi connectivity index (χ2n) is 6.39. The molecule has 0 aliphatic carbocycles. The highest BCUT2D eigenvalue weighted by Crippen LogP contribution is 2.35. The molecule has 7 heteroatoms. The smallest absolute Gasteiger partial charge is 0.338 e. The summed E-state index contributed by atoms with van der Waals surface area (Å²) in [6.07, 6.45) is 1.44. The Morgan fingerprint density at radius 3 is 2.68 bits per heavy atom. The van der Waals surface area contributed by atoms with Crippen molar-refractivity contribution in [3.63, 3.8) is 0 Å². The summed E-state index contributed by atoms with van der Waals surface area (Å²) < 4.78 is 7.22. The van der Waals surface area contributed by atoms with Crippen LogP contribution in [0, 0.1) is 11.3 Å². The van der Waals surface area contributed by atoms with E-state index in [1.807, 2.05) is 49.4 Å². The molecular formula is C21H17N5O2. The zero-order valence-electron chi connectivity index (χ0n) is 15.2. The molecule has 7 nitrogen and oxygen atoms in total. The van der Waals surface area contributed by atoms with E-state index in [0.717, 1.165) is 11.1 Å². The first kappa shape index (κ1) is 17.5. The number of carbonyl (C=O) groups excluding carboxylic acids is 1. The van der Waals surface area contributed by atoms with Crippen LogP contribution in [0.3, 0.4) is 0 Å². The lowest BCUT2D eigenvalue weighted by Gasteiger charge is -2.28. The summed E-state index contributed by atoms with van der Waals surface area (Å²) in [6, 6.07) is 18.2. The average molecular weight is 371 g/mol. The average Bonchev–Trinajstić information content (AvgIpc) is 3.20. The molecule has 1 aliphatic rings. The molecule has 0 unspecified atom stereocenters. The number of anilines is 1. The van der Waals surface area contributed by atoms with Crippen LogP contribution in [-0.2, 0) is 16.1 Å². The van der Waals surface area contributed by atoms with Crippen molar-refractivity contribution in [3.8, 4) is 6.07 Å². The van der Waals surface area contributed by atoms with Crippen LogP contribution in [0.2, 0.25) is 0 Å². The molecule has 1 N–H and O–H groups in total. The van der Waals surface area contributed by atoms with Crippen LogP contribution in [-0.4, -0.2) is 20.7 Å². The molecule has 2 aromatic carbocycles. The second-order valence-corrected chi connectivity index (χ2v) is 6.39. The van der Waals surface area contributed by atoms with Gasteiger partial charge in [0.05, 0.1) is 17.2 Å². The van der Waals surface area contributed by atoms with Gasteiger partial charge in [-0.25, -0.2) is 9.48 Å². The molecule has 1 aromatic heterocycles. The number of aromatic nitrogens is 3. The molecule has 2 heterocycles. The lowest BCUT2D eigenvalue weighted by Crippen LogP contribution is -2.29. The van der Waals surface area contributed by atoms with Crippen LogP contribution in [0.25, 0.3) is 0 Å². The van der Waals surface area contributed by atoms with Crippen LogP contribution < -0.4 is 5.32 Å². The lowest BCUT2D eigenvalue weighted by atomic mass is 9.95. The predicted molar refractivity (Wildman–Crippen MR) is 102 cm³/mol. The van der Waals surface area contributed by atoms with Gasteiger partial charge in [0.2, 0.25) is 5.95 Å². The minimum absolute atomic E-state index is 0.181. The third kappa shape index (κ3) is 3.23. The number of nitrogens with zero attached hydrogens (tertiary/aromatic N) is 4. The van der Waals surface area contributed by atoms with Gasteiger partial charge in [0.1, 0.15) is 19.0 Å². The Hall–Kier alpha value is -3.92. The number of hydrogen-bond donors (Lipinski definition) is 1. The number of esters is 1. The first-order chi connectivity index (χ1) is 13.7. The van der Waals surface area contributed by atoms with Crippen LogP contribution in [0.4, 0.5) is 5.95 Å². The monoisotopic (exact) mass is 371 g/mol. The highest BCUT2D eigenvalue weighted by molar-refractivity contribution is 5.92. The number of hydrogen-bond acceptors (Lipinski definition) is 6. The van der Waals surface area contributed by atoms with Gasteiger partial charge in [-0.05, 0) is 30.2 Å². The first-order valence-corrected chi connectivity index (χ1v) is 8.76. The molecular weight excluding hydrogens is 354 g/mol. The van der Waals surface area contributed by atoms with Gasteiger partial charge < -0.3 is 10.1 Å². The Labute approximate surface area is 161 Å². The number of benzene rings is 2. The highest BCUT2D eigenvalue weighted by atomic mass is 16.5. The maximum absolute atomic E-state index is 13.0. The second kappa shape index (κ2) is 7.37. The van der Waals surface area contributed by atoms with Gasteiger partial charge in [0.25, 0.3) is 0 Å². The maximum Gasteiger partial charge on any atom is 0.338 e. The molecule has 3 aromatic rings. The summed E-state index contributed by atoms with van der Waals surface area (Å²) in [5.41, 5.74) is 3.39. The topological polar surface area (TPSA) is 92.8 Å². The molecule has 28 heavy (non-hydrogen) atoms. The van der Waals surface area contributed by atoms with Crippen molar-refractivity contribution in [3.05, 3.63) is 88.9 Å². The van der Waals surface area contributed by atoms with Crippen LogP contribution in [0.5, 0.6) is 0 Å². The minimum atomic E-state index is -0.491. The summed E-state index contributed by atoms with van der Waals surface area (Å²) in [7, 11) is 0. The van der Waals surface area contributed by atoms with Crippen LogP contribution in [0.15, 0.2) is 72.2 Å². The number of nitrogens with one attached hydrogen (secondary N) is 1. The fourth-order valence-electron chi connectivity index (χ4n) is 3.20. The van der Waals surface area contributed by atoms with E-state index in [-0.39, 0.29) is 6.61 Å². The third-order valence-electron chi connectivity index (χ3n) is 4.58. The molecule has 0 radical (unpaired) electrons.